The van der Waals surface area contributed by atoms with Crippen molar-refractivity contribution in [1.29, 1.82) is 0 Å². The minimum Gasteiger partial charge on any atom is -0.481 e. The molecule has 1 aromatic carbocycles. The molecular formula is C18H21ClN2O4. The van der Waals surface area contributed by atoms with Gasteiger partial charge >= 0.3 is 5.97 Å². The van der Waals surface area contributed by atoms with E-state index in [1.807, 2.05) is 13.0 Å². The van der Waals surface area contributed by atoms with Crippen LogP contribution in [0.25, 0.3) is 0 Å². The van der Waals surface area contributed by atoms with E-state index in [1.54, 1.807) is 28.0 Å². The first kappa shape index (κ1) is 17.7. The third-order valence-corrected chi connectivity index (χ3v) is 5.47. The van der Waals surface area contributed by atoms with Gasteiger partial charge in [0, 0.05) is 26.1 Å². The first-order chi connectivity index (χ1) is 11.9. The Bertz CT molecular complexity index is 708. The Morgan fingerprint density at radius 1 is 1.24 bits per heavy atom. The summed E-state index contributed by atoms with van der Waals surface area (Å²) >= 11 is 6.17. The molecule has 1 N–H and O–H groups in total. The lowest BCUT2D eigenvalue weighted by atomic mass is 9.86. The number of piperidine rings is 1. The minimum absolute atomic E-state index is 0.0707. The van der Waals surface area contributed by atoms with E-state index in [4.69, 9.17) is 11.6 Å². The predicted molar refractivity (Wildman–Crippen MR) is 93.4 cm³/mol. The van der Waals surface area contributed by atoms with Crippen molar-refractivity contribution in [2.24, 2.45) is 17.8 Å². The molecule has 2 aliphatic rings. The highest BCUT2D eigenvalue weighted by Gasteiger charge is 2.40. The standard InChI is InChI=1S/C18H21ClN2O4/c1-11-9-20(7-6-13(11)18(24)25)17(23)12-8-16(22)21(10-12)15-5-3-2-4-14(15)19/h2-5,11-13H,6-10H2,1H3,(H,24,25). The highest BCUT2D eigenvalue weighted by Crippen LogP contribution is 2.32. The molecule has 2 amide bonds. The number of hydrogen-bond acceptors (Lipinski definition) is 3. The van der Waals surface area contributed by atoms with Crippen LogP contribution in [0.1, 0.15) is 19.8 Å². The van der Waals surface area contributed by atoms with Crippen molar-refractivity contribution in [3.63, 3.8) is 0 Å². The van der Waals surface area contributed by atoms with Gasteiger partial charge in [0.1, 0.15) is 0 Å². The molecule has 2 heterocycles. The number of carboxylic acid groups (broad SMARTS) is 1. The molecule has 2 fully saturated rings. The lowest BCUT2D eigenvalue weighted by Gasteiger charge is -2.36. The lowest BCUT2D eigenvalue weighted by Crippen LogP contribution is -2.47. The smallest absolute Gasteiger partial charge is 0.306 e. The van der Waals surface area contributed by atoms with Gasteiger partial charge in [-0.3, -0.25) is 14.4 Å². The van der Waals surface area contributed by atoms with Gasteiger partial charge in [-0.2, -0.15) is 0 Å². The second kappa shape index (κ2) is 7.04. The van der Waals surface area contributed by atoms with Crippen LogP contribution in [0.2, 0.25) is 5.02 Å². The van der Waals surface area contributed by atoms with Crippen molar-refractivity contribution in [3.8, 4) is 0 Å². The zero-order valence-corrected chi connectivity index (χ0v) is 14.8. The Kier molecular flexibility index (Phi) is 4.99. The van der Waals surface area contributed by atoms with E-state index in [1.165, 1.54) is 0 Å². The Morgan fingerprint density at radius 3 is 2.60 bits per heavy atom. The number of carboxylic acids is 1. The van der Waals surface area contributed by atoms with Crippen LogP contribution in [0.4, 0.5) is 5.69 Å². The van der Waals surface area contributed by atoms with Crippen molar-refractivity contribution >= 4 is 35.1 Å². The summed E-state index contributed by atoms with van der Waals surface area (Å²) < 4.78 is 0. The van der Waals surface area contributed by atoms with Gasteiger partial charge in [-0.15, -0.1) is 0 Å². The first-order valence-corrected chi connectivity index (χ1v) is 8.82. The van der Waals surface area contributed by atoms with E-state index in [0.29, 0.717) is 36.8 Å². The van der Waals surface area contributed by atoms with Crippen LogP contribution in [0, 0.1) is 17.8 Å². The molecule has 0 aliphatic carbocycles. The third-order valence-electron chi connectivity index (χ3n) is 5.15. The molecule has 7 heteroatoms. The van der Waals surface area contributed by atoms with E-state index in [0.717, 1.165) is 0 Å². The molecule has 2 aliphatic heterocycles. The molecule has 0 spiro atoms. The highest BCUT2D eigenvalue weighted by atomic mass is 35.5. The Balaban J connectivity index is 1.68. The van der Waals surface area contributed by atoms with Crippen molar-refractivity contribution in [2.45, 2.75) is 19.8 Å². The first-order valence-electron chi connectivity index (χ1n) is 8.45. The number of anilines is 1. The van der Waals surface area contributed by atoms with Crippen LogP contribution in [0.3, 0.4) is 0 Å². The number of rotatable bonds is 3. The topological polar surface area (TPSA) is 77.9 Å². The number of carbonyl (C=O) groups excluding carboxylic acids is 2. The average Bonchev–Trinajstić information content (AvgIpc) is 2.95. The summed E-state index contributed by atoms with van der Waals surface area (Å²) in [7, 11) is 0. The fraction of sp³-hybridized carbons (Fsp3) is 0.500. The maximum absolute atomic E-state index is 12.8. The normalized spacial score (nSPS) is 26.8. The molecule has 2 saturated heterocycles. The van der Waals surface area contributed by atoms with Crippen LogP contribution < -0.4 is 4.90 Å². The van der Waals surface area contributed by atoms with Crippen LogP contribution in [-0.2, 0) is 14.4 Å². The number of hydrogen-bond donors (Lipinski definition) is 1. The molecule has 0 saturated carbocycles. The summed E-state index contributed by atoms with van der Waals surface area (Å²) in [6.07, 6.45) is 0.619. The maximum Gasteiger partial charge on any atom is 0.306 e. The van der Waals surface area contributed by atoms with Gasteiger partial charge in [0.15, 0.2) is 0 Å². The van der Waals surface area contributed by atoms with Gasteiger partial charge in [-0.1, -0.05) is 30.7 Å². The Labute approximate surface area is 151 Å². The van der Waals surface area contributed by atoms with E-state index >= 15 is 0 Å². The number of halogens is 1. The molecule has 3 atom stereocenters. The van der Waals surface area contributed by atoms with Crippen LogP contribution in [-0.4, -0.2) is 47.4 Å². The average molecular weight is 365 g/mol. The SMILES string of the molecule is CC1CN(C(=O)C2CC(=O)N(c3ccccc3Cl)C2)CCC1C(=O)O. The Morgan fingerprint density at radius 2 is 1.96 bits per heavy atom. The molecule has 25 heavy (non-hydrogen) atoms. The molecule has 6 nitrogen and oxygen atoms in total. The fourth-order valence-corrected chi connectivity index (χ4v) is 3.99. The van der Waals surface area contributed by atoms with E-state index in [-0.39, 0.29) is 24.2 Å². The summed E-state index contributed by atoms with van der Waals surface area (Å²) in [5.74, 6) is -1.89. The quantitative estimate of drug-likeness (QED) is 0.892. The van der Waals surface area contributed by atoms with Gasteiger partial charge in [0.2, 0.25) is 11.8 Å². The highest BCUT2D eigenvalue weighted by molar-refractivity contribution is 6.33. The maximum atomic E-state index is 12.8. The summed E-state index contributed by atoms with van der Waals surface area (Å²) in [5, 5.41) is 9.69. The lowest BCUT2D eigenvalue weighted by molar-refractivity contribution is -0.149. The number of para-hydroxylation sites is 1. The molecule has 3 unspecified atom stereocenters. The summed E-state index contributed by atoms with van der Waals surface area (Å²) in [6, 6.07) is 7.09. The van der Waals surface area contributed by atoms with Crippen LogP contribution in [0.15, 0.2) is 24.3 Å². The molecular weight excluding hydrogens is 344 g/mol. The molecule has 0 bridgehead atoms. The monoisotopic (exact) mass is 364 g/mol. The van der Waals surface area contributed by atoms with Gasteiger partial charge in [0.05, 0.1) is 22.5 Å². The summed E-state index contributed by atoms with van der Waals surface area (Å²) in [4.78, 5) is 39.6. The molecule has 3 rings (SSSR count). The second-order valence-electron chi connectivity index (χ2n) is 6.85. The third kappa shape index (κ3) is 3.49. The molecule has 134 valence electrons. The molecule has 0 aromatic heterocycles. The predicted octanol–water partition coefficient (Wildman–Crippen LogP) is 2.26. The van der Waals surface area contributed by atoms with Crippen LogP contribution >= 0.6 is 11.6 Å². The Hall–Kier alpha value is -2.08. The summed E-state index contributed by atoms with van der Waals surface area (Å²) in [6.45, 7) is 3.02. The van der Waals surface area contributed by atoms with E-state index in [9.17, 15) is 19.5 Å². The number of carbonyl (C=O) groups is 3. The van der Waals surface area contributed by atoms with Gasteiger partial charge in [-0.05, 0) is 24.5 Å². The van der Waals surface area contributed by atoms with Gasteiger partial charge in [0.25, 0.3) is 0 Å². The zero-order valence-electron chi connectivity index (χ0n) is 14.0. The van der Waals surface area contributed by atoms with Crippen LogP contribution in [0.5, 0.6) is 0 Å². The van der Waals surface area contributed by atoms with Gasteiger partial charge < -0.3 is 14.9 Å². The largest absolute Gasteiger partial charge is 0.481 e. The van der Waals surface area contributed by atoms with E-state index in [2.05, 4.69) is 0 Å². The number of nitrogens with zero attached hydrogens (tertiary/aromatic N) is 2. The number of likely N-dealkylation sites (tertiary alicyclic amines) is 1. The van der Waals surface area contributed by atoms with Crippen molar-refractivity contribution in [3.05, 3.63) is 29.3 Å². The minimum atomic E-state index is -0.805. The number of aliphatic carboxylic acids is 1. The fourth-order valence-electron chi connectivity index (χ4n) is 3.75. The van der Waals surface area contributed by atoms with Crippen molar-refractivity contribution in [1.82, 2.24) is 4.90 Å². The van der Waals surface area contributed by atoms with Gasteiger partial charge in [-0.25, -0.2) is 0 Å². The van der Waals surface area contributed by atoms with E-state index < -0.39 is 17.8 Å². The van der Waals surface area contributed by atoms with Crippen molar-refractivity contribution in [2.75, 3.05) is 24.5 Å². The number of benzene rings is 1. The second-order valence-corrected chi connectivity index (χ2v) is 7.26. The van der Waals surface area contributed by atoms with Crippen molar-refractivity contribution < 1.29 is 19.5 Å². The zero-order chi connectivity index (χ0) is 18.1. The molecule has 1 aromatic rings. The summed E-state index contributed by atoms with van der Waals surface area (Å²) in [5.41, 5.74) is 0.627. The molecule has 0 radical (unpaired) electrons. The number of amides is 2.